The molecule has 1 N–H and O–H groups in total. The summed E-state index contributed by atoms with van der Waals surface area (Å²) in [7, 11) is 1.65. The van der Waals surface area contributed by atoms with E-state index in [-0.39, 0.29) is 6.10 Å². The molecule has 0 amide bonds. The quantitative estimate of drug-likeness (QED) is 0.865. The third-order valence-corrected chi connectivity index (χ3v) is 2.62. The van der Waals surface area contributed by atoms with E-state index in [9.17, 15) is 0 Å². The molecule has 0 saturated heterocycles. The number of anilines is 1. The van der Waals surface area contributed by atoms with Gasteiger partial charge in [-0.3, -0.25) is 0 Å². The monoisotopic (exact) mass is 261 g/mol. The van der Waals surface area contributed by atoms with Crippen LogP contribution in [0.5, 0.6) is 5.88 Å². The number of aromatic nitrogens is 2. The average molecular weight is 261 g/mol. The van der Waals surface area contributed by atoms with Gasteiger partial charge in [-0.15, -0.1) is 0 Å². The van der Waals surface area contributed by atoms with Crippen LogP contribution in [0.25, 0.3) is 10.9 Å². The van der Waals surface area contributed by atoms with Crippen LogP contribution in [0, 0.1) is 0 Å². The van der Waals surface area contributed by atoms with Crippen molar-refractivity contribution in [3.63, 3.8) is 0 Å². The zero-order valence-electron chi connectivity index (χ0n) is 11.5. The van der Waals surface area contributed by atoms with Crippen LogP contribution in [-0.4, -0.2) is 36.3 Å². The van der Waals surface area contributed by atoms with Crippen LogP contribution in [-0.2, 0) is 4.74 Å². The van der Waals surface area contributed by atoms with Crippen molar-refractivity contribution in [1.29, 1.82) is 0 Å². The molecule has 0 radical (unpaired) electrons. The van der Waals surface area contributed by atoms with Crippen LogP contribution in [0.1, 0.15) is 13.8 Å². The standard InChI is InChI=1S/C14H19N3O2/c1-4-15-14-16-12-8-6-5-7-11(12)13(17-14)19-10(2)9-18-3/h5-8,10H,4,9H2,1-3H3,(H,15,16,17). The molecule has 2 aromatic rings. The Labute approximate surface area is 113 Å². The minimum atomic E-state index is -0.0576. The first-order valence-electron chi connectivity index (χ1n) is 6.40. The van der Waals surface area contributed by atoms with Gasteiger partial charge in [0.2, 0.25) is 11.8 Å². The molecular weight excluding hydrogens is 242 g/mol. The lowest BCUT2D eigenvalue weighted by atomic mass is 10.2. The van der Waals surface area contributed by atoms with Gasteiger partial charge < -0.3 is 14.8 Å². The molecule has 1 unspecified atom stereocenters. The summed E-state index contributed by atoms with van der Waals surface area (Å²) >= 11 is 0. The van der Waals surface area contributed by atoms with E-state index in [0.717, 1.165) is 17.4 Å². The number of benzene rings is 1. The van der Waals surface area contributed by atoms with Gasteiger partial charge in [-0.2, -0.15) is 4.98 Å². The topological polar surface area (TPSA) is 56.3 Å². The second kappa shape index (κ2) is 6.33. The van der Waals surface area contributed by atoms with Crippen LogP contribution in [0.15, 0.2) is 24.3 Å². The summed E-state index contributed by atoms with van der Waals surface area (Å²) in [6.45, 7) is 5.25. The first-order valence-corrected chi connectivity index (χ1v) is 6.40. The number of ether oxygens (including phenoxy) is 2. The SMILES string of the molecule is CCNc1nc(OC(C)COC)c2ccccc2n1. The minimum Gasteiger partial charge on any atom is -0.472 e. The molecule has 102 valence electrons. The first-order chi connectivity index (χ1) is 9.24. The predicted molar refractivity (Wildman–Crippen MR) is 75.7 cm³/mol. The maximum absolute atomic E-state index is 5.84. The molecule has 1 aromatic carbocycles. The third-order valence-electron chi connectivity index (χ3n) is 2.62. The molecule has 0 aliphatic heterocycles. The summed E-state index contributed by atoms with van der Waals surface area (Å²) in [4.78, 5) is 8.86. The largest absolute Gasteiger partial charge is 0.472 e. The molecule has 0 fully saturated rings. The fourth-order valence-corrected chi connectivity index (χ4v) is 1.83. The molecule has 0 aliphatic rings. The highest BCUT2D eigenvalue weighted by molar-refractivity contribution is 5.84. The zero-order valence-corrected chi connectivity index (χ0v) is 11.5. The lowest BCUT2D eigenvalue weighted by Gasteiger charge is -2.15. The molecule has 1 aromatic heterocycles. The Morgan fingerprint density at radius 2 is 2.05 bits per heavy atom. The number of hydrogen-bond donors (Lipinski definition) is 1. The summed E-state index contributed by atoms with van der Waals surface area (Å²) in [5.74, 6) is 1.17. The van der Waals surface area contributed by atoms with Crippen LogP contribution < -0.4 is 10.1 Å². The minimum absolute atomic E-state index is 0.0576. The lowest BCUT2D eigenvalue weighted by molar-refractivity contribution is 0.0901. The fourth-order valence-electron chi connectivity index (χ4n) is 1.83. The molecule has 0 saturated carbocycles. The second-order valence-electron chi connectivity index (χ2n) is 4.28. The number of nitrogens with zero attached hydrogens (tertiary/aromatic N) is 2. The zero-order chi connectivity index (χ0) is 13.7. The maximum atomic E-state index is 5.84. The molecule has 0 bridgehead atoms. The van der Waals surface area contributed by atoms with Crippen LogP contribution >= 0.6 is 0 Å². The average Bonchev–Trinajstić information content (AvgIpc) is 2.39. The summed E-state index contributed by atoms with van der Waals surface area (Å²) in [6, 6.07) is 7.81. The van der Waals surface area contributed by atoms with E-state index in [1.807, 2.05) is 38.1 Å². The number of methoxy groups -OCH3 is 1. The fraction of sp³-hybridized carbons (Fsp3) is 0.429. The predicted octanol–water partition coefficient (Wildman–Crippen LogP) is 2.48. The van der Waals surface area contributed by atoms with Crippen LogP contribution in [0.3, 0.4) is 0 Å². The Kier molecular flexibility index (Phi) is 4.52. The van der Waals surface area contributed by atoms with Gasteiger partial charge in [0.05, 0.1) is 17.5 Å². The molecule has 5 nitrogen and oxygen atoms in total. The molecule has 0 spiro atoms. The van der Waals surface area contributed by atoms with E-state index < -0.39 is 0 Å². The smallest absolute Gasteiger partial charge is 0.226 e. The normalized spacial score (nSPS) is 12.4. The van der Waals surface area contributed by atoms with E-state index in [1.54, 1.807) is 7.11 Å². The third kappa shape index (κ3) is 3.32. The molecule has 19 heavy (non-hydrogen) atoms. The van der Waals surface area contributed by atoms with E-state index in [0.29, 0.717) is 18.4 Å². The van der Waals surface area contributed by atoms with Gasteiger partial charge >= 0.3 is 0 Å². The summed E-state index contributed by atoms with van der Waals surface area (Å²) < 4.78 is 10.9. The highest BCUT2D eigenvalue weighted by Gasteiger charge is 2.11. The number of hydrogen-bond acceptors (Lipinski definition) is 5. The Hall–Kier alpha value is -1.88. The van der Waals surface area contributed by atoms with Crippen molar-refractivity contribution in [2.75, 3.05) is 25.6 Å². The summed E-state index contributed by atoms with van der Waals surface area (Å²) in [6.07, 6.45) is -0.0576. The second-order valence-corrected chi connectivity index (χ2v) is 4.28. The first kappa shape index (κ1) is 13.5. The Bertz CT molecular complexity index is 545. The van der Waals surface area contributed by atoms with Gasteiger partial charge in [0.25, 0.3) is 0 Å². The molecule has 0 aliphatic carbocycles. The maximum Gasteiger partial charge on any atom is 0.226 e. The van der Waals surface area contributed by atoms with Gasteiger partial charge in [0.15, 0.2) is 0 Å². The Morgan fingerprint density at radius 1 is 1.26 bits per heavy atom. The van der Waals surface area contributed by atoms with E-state index in [4.69, 9.17) is 9.47 Å². The van der Waals surface area contributed by atoms with Crippen LogP contribution in [0.2, 0.25) is 0 Å². The molecular formula is C14H19N3O2. The van der Waals surface area contributed by atoms with Gasteiger partial charge in [-0.25, -0.2) is 4.98 Å². The molecule has 5 heteroatoms. The van der Waals surface area contributed by atoms with Gasteiger partial charge in [-0.1, -0.05) is 12.1 Å². The number of para-hydroxylation sites is 1. The van der Waals surface area contributed by atoms with Crippen molar-refractivity contribution in [3.8, 4) is 5.88 Å². The van der Waals surface area contributed by atoms with E-state index in [2.05, 4.69) is 15.3 Å². The number of fused-ring (bicyclic) bond motifs is 1. The summed E-state index contributed by atoms with van der Waals surface area (Å²) in [5, 5.41) is 4.02. The number of rotatable bonds is 6. The van der Waals surface area contributed by atoms with E-state index in [1.165, 1.54) is 0 Å². The Balaban J connectivity index is 2.38. The highest BCUT2D eigenvalue weighted by Crippen LogP contribution is 2.24. The lowest BCUT2D eigenvalue weighted by Crippen LogP contribution is -2.19. The molecule has 2 rings (SSSR count). The summed E-state index contributed by atoms with van der Waals surface area (Å²) in [5.41, 5.74) is 0.869. The van der Waals surface area contributed by atoms with Gasteiger partial charge in [0.1, 0.15) is 6.10 Å². The number of nitrogens with one attached hydrogen (secondary N) is 1. The van der Waals surface area contributed by atoms with Crippen molar-refractivity contribution in [1.82, 2.24) is 9.97 Å². The van der Waals surface area contributed by atoms with Crippen LogP contribution in [0.4, 0.5) is 5.95 Å². The van der Waals surface area contributed by atoms with Gasteiger partial charge in [-0.05, 0) is 26.0 Å². The van der Waals surface area contributed by atoms with Crippen molar-refractivity contribution in [3.05, 3.63) is 24.3 Å². The van der Waals surface area contributed by atoms with Crippen molar-refractivity contribution in [2.24, 2.45) is 0 Å². The van der Waals surface area contributed by atoms with Crippen molar-refractivity contribution >= 4 is 16.9 Å². The van der Waals surface area contributed by atoms with E-state index >= 15 is 0 Å². The molecule has 1 atom stereocenters. The van der Waals surface area contributed by atoms with Gasteiger partial charge in [0, 0.05) is 13.7 Å². The molecule has 1 heterocycles. The van der Waals surface area contributed by atoms with Crippen molar-refractivity contribution in [2.45, 2.75) is 20.0 Å². The Morgan fingerprint density at radius 3 is 2.79 bits per heavy atom. The highest BCUT2D eigenvalue weighted by atomic mass is 16.5. The van der Waals surface area contributed by atoms with Crippen molar-refractivity contribution < 1.29 is 9.47 Å².